The van der Waals surface area contributed by atoms with E-state index >= 15 is 0 Å². The Kier molecular flexibility index (Phi) is 4.02. The van der Waals surface area contributed by atoms with Crippen molar-refractivity contribution in [3.8, 4) is 0 Å². The maximum Gasteiger partial charge on any atom is 0.251 e. The molecule has 0 bridgehead atoms. The molecule has 0 unspecified atom stereocenters. The van der Waals surface area contributed by atoms with Gasteiger partial charge in [0, 0.05) is 24.8 Å². The predicted molar refractivity (Wildman–Crippen MR) is 70.3 cm³/mol. The molecule has 1 saturated carbocycles. The standard InChI is InChI=1S/C14H20N2O/c1-15-13-7-5-12(6-8-13)14(17)16-10-9-11-3-2-4-11/h5-8,11,15H,2-4,9-10H2,1H3,(H,16,17). The van der Waals surface area contributed by atoms with Crippen LogP contribution < -0.4 is 10.6 Å². The van der Waals surface area contributed by atoms with Crippen LogP contribution in [0.15, 0.2) is 24.3 Å². The van der Waals surface area contributed by atoms with Crippen molar-refractivity contribution in [2.75, 3.05) is 18.9 Å². The molecule has 1 aromatic rings. The summed E-state index contributed by atoms with van der Waals surface area (Å²) in [5.74, 6) is 0.883. The Labute approximate surface area is 103 Å². The number of nitrogens with one attached hydrogen (secondary N) is 2. The van der Waals surface area contributed by atoms with E-state index in [1.165, 1.54) is 19.3 Å². The number of hydrogen-bond donors (Lipinski definition) is 2. The van der Waals surface area contributed by atoms with Crippen LogP contribution in [0.1, 0.15) is 36.0 Å². The summed E-state index contributed by atoms with van der Waals surface area (Å²) in [6.07, 6.45) is 5.17. The minimum Gasteiger partial charge on any atom is -0.388 e. The van der Waals surface area contributed by atoms with Gasteiger partial charge < -0.3 is 10.6 Å². The molecule has 0 aromatic heterocycles. The summed E-state index contributed by atoms with van der Waals surface area (Å²) in [5.41, 5.74) is 1.76. The van der Waals surface area contributed by atoms with Gasteiger partial charge in [-0.15, -0.1) is 0 Å². The van der Waals surface area contributed by atoms with Gasteiger partial charge in [0.15, 0.2) is 0 Å². The lowest BCUT2D eigenvalue weighted by atomic mass is 9.83. The first-order chi connectivity index (χ1) is 8.29. The number of carbonyl (C=O) groups is 1. The van der Waals surface area contributed by atoms with Crippen molar-refractivity contribution in [2.24, 2.45) is 5.92 Å². The minimum atomic E-state index is 0.0342. The topological polar surface area (TPSA) is 41.1 Å². The Morgan fingerprint density at radius 3 is 2.53 bits per heavy atom. The summed E-state index contributed by atoms with van der Waals surface area (Å²) in [7, 11) is 1.87. The van der Waals surface area contributed by atoms with Crippen molar-refractivity contribution in [2.45, 2.75) is 25.7 Å². The second-order valence-electron chi connectivity index (χ2n) is 4.67. The number of anilines is 1. The third-order valence-electron chi connectivity index (χ3n) is 3.50. The SMILES string of the molecule is CNc1ccc(C(=O)NCCC2CCC2)cc1. The molecule has 1 aromatic carbocycles. The molecule has 92 valence electrons. The van der Waals surface area contributed by atoms with Crippen LogP contribution >= 0.6 is 0 Å². The van der Waals surface area contributed by atoms with E-state index in [1.54, 1.807) is 0 Å². The van der Waals surface area contributed by atoms with Gasteiger partial charge in [-0.2, -0.15) is 0 Å². The van der Waals surface area contributed by atoms with E-state index in [4.69, 9.17) is 0 Å². The van der Waals surface area contributed by atoms with Crippen molar-refractivity contribution in [3.63, 3.8) is 0 Å². The monoisotopic (exact) mass is 232 g/mol. The third-order valence-corrected chi connectivity index (χ3v) is 3.50. The van der Waals surface area contributed by atoms with Gasteiger partial charge >= 0.3 is 0 Å². The number of hydrogen-bond acceptors (Lipinski definition) is 2. The number of rotatable bonds is 5. The number of amides is 1. The van der Waals surface area contributed by atoms with Crippen molar-refractivity contribution in [3.05, 3.63) is 29.8 Å². The molecule has 1 fully saturated rings. The second-order valence-corrected chi connectivity index (χ2v) is 4.67. The van der Waals surface area contributed by atoms with E-state index in [9.17, 15) is 4.79 Å². The summed E-state index contributed by atoms with van der Waals surface area (Å²) in [5, 5.41) is 6.01. The first kappa shape index (κ1) is 12.0. The second kappa shape index (κ2) is 5.71. The Hall–Kier alpha value is -1.51. The Balaban J connectivity index is 1.77. The van der Waals surface area contributed by atoms with E-state index in [2.05, 4.69) is 10.6 Å². The van der Waals surface area contributed by atoms with Crippen LogP contribution in [0, 0.1) is 5.92 Å². The summed E-state index contributed by atoms with van der Waals surface area (Å²) < 4.78 is 0. The summed E-state index contributed by atoms with van der Waals surface area (Å²) in [6, 6.07) is 7.54. The highest BCUT2D eigenvalue weighted by Gasteiger charge is 2.16. The number of benzene rings is 1. The molecular formula is C14H20N2O. The lowest BCUT2D eigenvalue weighted by Gasteiger charge is -2.25. The predicted octanol–water partition coefficient (Wildman–Crippen LogP) is 2.65. The van der Waals surface area contributed by atoms with Crippen LogP contribution in [0.25, 0.3) is 0 Å². The summed E-state index contributed by atoms with van der Waals surface area (Å²) >= 11 is 0. The molecule has 0 heterocycles. The number of carbonyl (C=O) groups excluding carboxylic acids is 1. The first-order valence-corrected chi connectivity index (χ1v) is 6.35. The quantitative estimate of drug-likeness (QED) is 0.819. The fraction of sp³-hybridized carbons (Fsp3) is 0.500. The molecule has 1 aliphatic rings. The smallest absolute Gasteiger partial charge is 0.251 e. The molecule has 2 N–H and O–H groups in total. The Morgan fingerprint density at radius 2 is 2.00 bits per heavy atom. The lowest BCUT2D eigenvalue weighted by molar-refractivity contribution is 0.0949. The van der Waals surface area contributed by atoms with E-state index < -0.39 is 0 Å². The van der Waals surface area contributed by atoms with Gasteiger partial charge in [-0.25, -0.2) is 0 Å². The molecule has 3 nitrogen and oxygen atoms in total. The average molecular weight is 232 g/mol. The van der Waals surface area contributed by atoms with Gasteiger partial charge in [0.2, 0.25) is 0 Å². The molecule has 0 radical (unpaired) electrons. The molecule has 2 rings (SSSR count). The maximum absolute atomic E-state index is 11.8. The highest BCUT2D eigenvalue weighted by atomic mass is 16.1. The lowest BCUT2D eigenvalue weighted by Crippen LogP contribution is -2.27. The average Bonchev–Trinajstić information content (AvgIpc) is 2.32. The molecule has 0 atom stereocenters. The highest BCUT2D eigenvalue weighted by molar-refractivity contribution is 5.94. The Bertz CT molecular complexity index is 368. The van der Waals surface area contributed by atoms with Gasteiger partial charge in [0.05, 0.1) is 0 Å². The van der Waals surface area contributed by atoms with Crippen molar-refractivity contribution in [1.29, 1.82) is 0 Å². The molecule has 0 saturated heterocycles. The van der Waals surface area contributed by atoms with Crippen LogP contribution in [0.4, 0.5) is 5.69 Å². The van der Waals surface area contributed by atoms with Crippen LogP contribution in [-0.4, -0.2) is 19.5 Å². The molecule has 1 amide bonds. The van der Waals surface area contributed by atoms with Gasteiger partial charge in [-0.3, -0.25) is 4.79 Å². The van der Waals surface area contributed by atoms with Crippen molar-refractivity contribution >= 4 is 11.6 Å². The maximum atomic E-state index is 11.8. The van der Waals surface area contributed by atoms with Gasteiger partial charge in [-0.05, 0) is 36.6 Å². The normalized spacial score (nSPS) is 15.1. The van der Waals surface area contributed by atoms with Gasteiger partial charge in [0.1, 0.15) is 0 Å². The zero-order valence-corrected chi connectivity index (χ0v) is 10.3. The van der Waals surface area contributed by atoms with E-state index in [0.29, 0.717) is 0 Å². The fourth-order valence-electron chi connectivity index (χ4n) is 2.06. The van der Waals surface area contributed by atoms with Crippen LogP contribution in [0.5, 0.6) is 0 Å². The zero-order valence-electron chi connectivity index (χ0n) is 10.3. The molecular weight excluding hydrogens is 212 g/mol. The zero-order chi connectivity index (χ0) is 12.1. The highest BCUT2D eigenvalue weighted by Crippen LogP contribution is 2.28. The van der Waals surface area contributed by atoms with E-state index in [0.717, 1.165) is 30.1 Å². The first-order valence-electron chi connectivity index (χ1n) is 6.35. The van der Waals surface area contributed by atoms with Crippen LogP contribution in [-0.2, 0) is 0 Å². The van der Waals surface area contributed by atoms with Crippen molar-refractivity contribution in [1.82, 2.24) is 5.32 Å². The largest absolute Gasteiger partial charge is 0.388 e. The van der Waals surface area contributed by atoms with Gasteiger partial charge in [-0.1, -0.05) is 19.3 Å². The molecule has 0 spiro atoms. The Morgan fingerprint density at radius 1 is 1.29 bits per heavy atom. The van der Waals surface area contributed by atoms with Crippen LogP contribution in [0.2, 0.25) is 0 Å². The fourth-order valence-corrected chi connectivity index (χ4v) is 2.06. The van der Waals surface area contributed by atoms with E-state index in [1.807, 2.05) is 31.3 Å². The molecule has 1 aliphatic carbocycles. The summed E-state index contributed by atoms with van der Waals surface area (Å²) in [6.45, 7) is 0.803. The molecule has 17 heavy (non-hydrogen) atoms. The van der Waals surface area contributed by atoms with Crippen LogP contribution in [0.3, 0.4) is 0 Å². The van der Waals surface area contributed by atoms with Gasteiger partial charge in [0.25, 0.3) is 5.91 Å². The summed E-state index contributed by atoms with van der Waals surface area (Å²) in [4.78, 5) is 11.8. The molecule has 3 heteroatoms. The van der Waals surface area contributed by atoms with E-state index in [-0.39, 0.29) is 5.91 Å². The van der Waals surface area contributed by atoms with Crippen molar-refractivity contribution < 1.29 is 4.79 Å². The third kappa shape index (κ3) is 3.22. The minimum absolute atomic E-state index is 0.0342. The molecule has 0 aliphatic heterocycles.